The maximum atomic E-state index is 3.90. The standard InChI is InChI=1S/C12H20/c1-5-11-7-9(3)10(4)12(6-2)8-11/h5-6,9-12H,1-2,7-8H2,3-4H3/t9-,10-,11+,12+/m0/s1. The average Bonchev–Trinajstić information content (AvgIpc) is 2.09. The molecule has 0 bridgehead atoms. The van der Waals surface area contributed by atoms with Gasteiger partial charge in [-0.1, -0.05) is 26.0 Å². The number of rotatable bonds is 2. The van der Waals surface area contributed by atoms with Crippen LogP contribution >= 0.6 is 0 Å². The summed E-state index contributed by atoms with van der Waals surface area (Å²) in [5.74, 6) is 3.06. The van der Waals surface area contributed by atoms with E-state index in [1.54, 1.807) is 0 Å². The van der Waals surface area contributed by atoms with Gasteiger partial charge >= 0.3 is 0 Å². The highest BCUT2D eigenvalue weighted by Gasteiger charge is 2.29. The molecule has 1 aliphatic carbocycles. The normalized spacial score (nSPS) is 42.2. The van der Waals surface area contributed by atoms with Gasteiger partial charge in [-0.05, 0) is 36.5 Å². The molecule has 0 heterocycles. The van der Waals surface area contributed by atoms with Crippen molar-refractivity contribution in [1.82, 2.24) is 0 Å². The van der Waals surface area contributed by atoms with Crippen molar-refractivity contribution in [2.75, 3.05) is 0 Å². The van der Waals surface area contributed by atoms with Crippen LogP contribution in [0.15, 0.2) is 25.3 Å². The fourth-order valence-corrected chi connectivity index (χ4v) is 2.28. The van der Waals surface area contributed by atoms with Crippen LogP contribution in [0, 0.1) is 23.7 Å². The van der Waals surface area contributed by atoms with Gasteiger partial charge in [-0.15, -0.1) is 13.2 Å². The summed E-state index contributed by atoms with van der Waals surface area (Å²) in [7, 11) is 0. The minimum atomic E-state index is 0.705. The second-order valence-electron chi connectivity index (χ2n) is 4.20. The SMILES string of the molecule is C=C[C@H]1C[C@@H](C=C)[C@@H](C)[C@@H](C)C1. The van der Waals surface area contributed by atoms with Gasteiger partial charge in [0.05, 0.1) is 0 Å². The van der Waals surface area contributed by atoms with Crippen LogP contribution in [0.5, 0.6) is 0 Å². The molecule has 0 unspecified atom stereocenters. The van der Waals surface area contributed by atoms with Crippen LogP contribution in [0.25, 0.3) is 0 Å². The lowest BCUT2D eigenvalue weighted by atomic mass is 9.69. The second-order valence-corrected chi connectivity index (χ2v) is 4.20. The van der Waals surface area contributed by atoms with Gasteiger partial charge in [-0.2, -0.15) is 0 Å². The Labute approximate surface area is 76.4 Å². The Morgan fingerprint density at radius 1 is 1.08 bits per heavy atom. The molecule has 68 valence electrons. The molecule has 1 aliphatic rings. The summed E-state index contributed by atoms with van der Waals surface area (Å²) in [5, 5.41) is 0. The smallest absolute Gasteiger partial charge is 0.0202 e. The van der Waals surface area contributed by atoms with Gasteiger partial charge in [-0.3, -0.25) is 0 Å². The van der Waals surface area contributed by atoms with Gasteiger partial charge in [0.1, 0.15) is 0 Å². The summed E-state index contributed by atoms with van der Waals surface area (Å²) < 4.78 is 0. The third kappa shape index (κ3) is 1.80. The minimum absolute atomic E-state index is 0.705. The summed E-state index contributed by atoms with van der Waals surface area (Å²) >= 11 is 0. The molecule has 0 spiro atoms. The van der Waals surface area contributed by atoms with Crippen molar-refractivity contribution >= 4 is 0 Å². The topological polar surface area (TPSA) is 0 Å². The Hall–Kier alpha value is -0.520. The van der Waals surface area contributed by atoms with Crippen LogP contribution in [0.2, 0.25) is 0 Å². The molecule has 0 amide bonds. The summed E-state index contributed by atoms with van der Waals surface area (Å²) in [4.78, 5) is 0. The lowest BCUT2D eigenvalue weighted by Crippen LogP contribution is -2.27. The Balaban J connectivity index is 2.63. The Morgan fingerprint density at radius 2 is 1.75 bits per heavy atom. The first-order chi connectivity index (χ1) is 5.69. The first-order valence-corrected chi connectivity index (χ1v) is 4.94. The van der Waals surface area contributed by atoms with E-state index in [2.05, 4.69) is 39.2 Å². The van der Waals surface area contributed by atoms with Crippen molar-refractivity contribution in [3.8, 4) is 0 Å². The molecular weight excluding hydrogens is 144 g/mol. The maximum Gasteiger partial charge on any atom is -0.0202 e. The first kappa shape index (κ1) is 9.57. The van der Waals surface area contributed by atoms with Gasteiger partial charge in [0.2, 0.25) is 0 Å². The van der Waals surface area contributed by atoms with Crippen LogP contribution in [0.3, 0.4) is 0 Å². The molecule has 12 heavy (non-hydrogen) atoms. The van der Waals surface area contributed by atoms with E-state index in [0.717, 1.165) is 17.8 Å². The van der Waals surface area contributed by atoms with E-state index in [4.69, 9.17) is 0 Å². The van der Waals surface area contributed by atoms with E-state index in [9.17, 15) is 0 Å². The molecule has 1 fully saturated rings. The van der Waals surface area contributed by atoms with Crippen molar-refractivity contribution in [2.45, 2.75) is 26.7 Å². The average molecular weight is 164 g/mol. The molecule has 0 aromatic carbocycles. The fourth-order valence-electron chi connectivity index (χ4n) is 2.28. The molecule has 1 rings (SSSR count). The number of hydrogen-bond donors (Lipinski definition) is 0. The molecule has 0 N–H and O–H groups in total. The highest BCUT2D eigenvalue weighted by atomic mass is 14.3. The van der Waals surface area contributed by atoms with E-state index < -0.39 is 0 Å². The second kappa shape index (κ2) is 3.93. The molecule has 0 radical (unpaired) electrons. The zero-order chi connectivity index (χ0) is 9.14. The fraction of sp³-hybridized carbons (Fsp3) is 0.667. The Bertz CT molecular complexity index is 169. The van der Waals surface area contributed by atoms with E-state index in [-0.39, 0.29) is 0 Å². The quantitative estimate of drug-likeness (QED) is 0.546. The largest absolute Gasteiger partial charge is 0.103 e. The minimum Gasteiger partial charge on any atom is -0.103 e. The number of allylic oxidation sites excluding steroid dienone is 2. The van der Waals surface area contributed by atoms with Crippen molar-refractivity contribution in [3.63, 3.8) is 0 Å². The monoisotopic (exact) mass is 164 g/mol. The summed E-state index contributed by atoms with van der Waals surface area (Å²) in [5.41, 5.74) is 0. The van der Waals surface area contributed by atoms with Gasteiger partial charge in [0.15, 0.2) is 0 Å². The van der Waals surface area contributed by atoms with E-state index in [1.165, 1.54) is 12.8 Å². The van der Waals surface area contributed by atoms with Crippen molar-refractivity contribution in [1.29, 1.82) is 0 Å². The predicted molar refractivity (Wildman–Crippen MR) is 54.9 cm³/mol. The van der Waals surface area contributed by atoms with Crippen LogP contribution in [-0.4, -0.2) is 0 Å². The van der Waals surface area contributed by atoms with Gasteiger partial charge in [-0.25, -0.2) is 0 Å². The Kier molecular flexibility index (Phi) is 3.13. The molecule has 4 atom stereocenters. The molecule has 1 saturated carbocycles. The van der Waals surface area contributed by atoms with Crippen LogP contribution in [0.4, 0.5) is 0 Å². The third-order valence-electron chi connectivity index (χ3n) is 3.46. The molecule has 0 aromatic rings. The van der Waals surface area contributed by atoms with E-state index in [0.29, 0.717) is 5.92 Å². The Morgan fingerprint density at radius 3 is 2.25 bits per heavy atom. The van der Waals surface area contributed by atoms with E-state index >= 15 is 0 Å². The lowest BCUT2D eigenvalue weighted by molar-refractivity contribution is 0.184. The molecule has 0 aromatic heterocycles. The highest BCUT2D eigenvalue weighted by molar-refractivity contribution is 4.95. The van der Waals surface area contributed by atoms with Crippen molar-refractivity contribution in [2.24, 2.45) is 23.7 Å². The van der Waals surface area contributed by atoms with Gasteiger partial charge in [0.25, 0.3) is 0 Å². The summed E-state index contributed by atoms with van der Waals surface area (Å²) in [6, 6.07) is 0. The van der Waals surface area contributed by atoms with Gasteiger partial charge < -0.3 is 0 Å². The van der Waals surface area contributed by atoms with Crippen molar-refractivity contribution < 1.29 is 0 Å². The van der Waals surface area contributed by atoms with Crippen molar-refractivity contribution in [3.05, 3.63) is 25.3 Å². The van der Waals surface area contributed by atoms with Crippen LogP contribution in [0.1, 0.15) is 26.7 Å². The first-order valence-electron chi connectivity index (χ1n) is 4.94. The van der Waals surface area contributed by atoms with Crippen LogP contribution < -0.4 is 0 Å². The molecular formula is C12H20. The molecule has 0 heteroatoms. The molecule has 0 aliphatic heterocycles. The molecule has 0 nitrogen and oxygen atoms in total. The highest BCUT2D eigenvalue weighted by Crippen LogP contribution is 2.38. The zero-order valence-electron chi connectivity index (χ0n) is 8.29. The van der Waals surface area contributed by atoms with Crippen LogP contribution in [-0.2, 0) is 0 Å². The lowest BCUT2D eigenvalue weighted by Gasteiger charge is -2.36. The third-order valence-corrected chi connectivity index (χ3v) is 3.46. The summed E-state index contributed by atoms with van der Waals surface area (Å²) in [6.07, 6.45) is 6.81. The molecule has 0 saturated heterocycles. The zero-order valence-corrected chi connectivity index (χ0v) is 8.29. The van der Waals surface area contributed by atoms with Gasteiger partial charge in [0, 0.05) is 0 Å². The van der Waals surface area contributed by atoms with E-state index in [1.807, 2.05) is 0 Å². The maximum absolute atomic E-state index is 3.90. The predicted octanol–water partition coefficient (Wildman–Crippen LogP) is 3.66. The summed E-state index contributed by atoms with van der Waals surface area (Å²) in [6.45, 7) is 12.5. The number of hydrogen-bond acceptors (Lipinski definition) is 0.